The number of likely N-dealkylation sites (tertiary alicyclic amines) is 1. The average molecular weight is 428 g/mol. The van der Waals surface area contributed by atoms with Gasteiger partial charge in [0.25, 0.3) is 5.56 Å². The third-order valence-corrected chi connectivity index (χ3v) is 5.80. The molecule has 0 bridgehead atoms. The Kier molecular flexibility index (Phi) is 7.68. The van der Waals surface area contributed by atoms with Crippen LogP contribution in [0.1, 0.15) is 45.1 Å². The summed E-state index contributed by atoms with van der Waals surface area (Å²) in [5.41, 5.74) is 6.08. The van der Waals surface area contributed by atoms with Crippen LogP contribution in [0.4, 0.5) is 11.5 Å². The van der Waals surface area contributed by atoms with Crippen LogP contribution in [-0.4, -0.2) is 46.5 Å². The van der Waals surface area contributed by atoms with E-state index in [1.165, 1.54) is 15.9 Å². The van der Waals surface area contributed by atoms with Gasteiger partial charge >= 0.3 is 5.69 Å². The van der Waals surface area contributed by atoms with Gasteiger partial charge in [-0.2, -0.15) is 0 Å². The molecule has 31 heavy (non-hydrogen) atoms. The third-order valence-electron chi connectivity index (χ3n) is 5.80. The molecule has 8 nitrogen and oxygen atoms in total. The molecule has 0 saturated carbocycles. The van der Waals surface area contributed by atoms with E-state index in [0.29, 0.717) is 12.5 Å². The van der Waals surface area contributed by atoms with E-state index in [0.717, 1.165) is 37.9 Å². The number of aromatic nitrogens is 2. The summed E-state index contributed by atoms with van der Waals surface area (Å²) >= 11 is 0. The number of H-pyrrole nitrogens is 1. The second kappa shape index (κ2) is 10.4. The molecule has 1 aliphatic heterocycles. The van der Waals surface area contributed by atoms with Gasteiger partial charge in [0.15, 0.2) is 5.69 Å². The normalized spacial score (nSPS) is 16.9. The number of anilines is 2. The smallest absolute Gasteiger partial charge is 0.330 e. The molecule has 0 aliphatic carbocycles. The molecule has 1 saturated heterocycles. The Morgan fingerprint density at radius 3 is 2.68 bits per heavy atom. The number of aromatic amines is 1. The van der Waals surface area contributed by atoms with Gasteiger partial charge in [-0.05, 0) is 37.3 Å². The van der Waals surface area contributed by atoms with Crippen molar-refractivity contribution in [3.05, 3.63) is 56.7 Å². The Bertz CT molecular complexity index is 999. The van der Waals surface area contributed by atoms with Gasteiger partial charge in [-0.15, -0.1) is 0 Å². The first-order chi connectivity index (χ1) is 14.9. The zero-order valence-electron chi connectivity index (χ0n) is 18.5. The molecule has 1 aromatic heterocycles. The summed E-state index contributed by atoms with van der Waals surface area (Å²) in [6, 6.07) is 9.41. The van der Waals surface area contributed by atoms with Crippen LogP contribution in [0, 0.1) is 5.92 Å². The first kappa shape index (κ1) is 22.8. The minimum Gasteiger partial charge on any atom is -0.383 e. The van der Waals surface area contributed by atoms with Crippen LogP contribution in [0.25, 0.3) is 0 Å². The maximum Gasteiger partial charge on any atom is 0.330 e. The number of carbonyl (C=O) groups excluding carboxylic acids is 1. The van der Waals surface area contributed by atoms with E-state index >= 15 is 0 Å². The van der Waals surface area contributed by atoms with Crippen molar-refractivity contribution in [2.24, 2.45) is 5.92 Å². The van der Waals surface area contributed by atoms with Gasteiger partial charge in [-0.3, -0.25) is 24.0 Å². The first-order valence-electron chi connectivity index (χ1n) is 11.1. The van der Waals surface area contributed by atoms with Crippen molar-refractivity contribution in [3.63, 3.8) is 0 Å². The molecule has 1 aromatic carbocycles. The Labute approximate surface area is 182 Å². The molecule has 2 aromatic rings. The summed E-state index contributed by atoms with van der Waals surface area (Å²) in [5.74, 6) is 0.408. The summed E-state index contributed by atoms with van der Waals surface area (Å²) in [4.78, 5) is 44.5. The van der Waals surface area contributed by atoms with Crippen molar-refractivity contribution in [2.45, 2.75) is 46.1 Å². The highest BCUT2D eigenvalue weighted by molar-refractivity contribution is 5.96. The van der Waals surface area contributed by atoms with E-state index in [2.05, 4.69) is 16.8 Å². The molecular weight excluding hydrogens is 394 g/mol. The topological polar surface area (TPSA) is 104 Å². The predicted molar refractivity (Wildman–Crippen MR) is 123 cm³/mol. The number of hydrogen-bond acceptors (Lipinski definition) is 5. The van der Waals surface area contributed by atoms with Crippen LogP contribution >= 0.6 is 0 Å². The highest BCUT2D eigenvalue weighted by Crippen LogP contribution is 2.20. The van der Waals surface area contributed by atoms with Gasteiger partial charge in [-0.25, -0.2) is 4.79 Å². The van der Waals surface area contributed by atoms with Crippen molar-refractivity contribution in [1.82, 2.24) is 14.5 Å². The van der Waals surface area contributed by atoms with Gasteiger partial charge in [0.1, 0.15) is 5.82 Å². The molecule has 0 radical (unpaired) electrons. The average Bonchev–Trinajstić information content (AvgIpc) is 2.74. The van der Waals surface area contributed by atoms with Gasteiger partial charge in [0, 0.05) is 13.1 Å². The fourth-order valence-corrected chi connectivity index (χ4v) is 4.15. The standard InChI is InChI=1S/C23H33N5O3/c1-3-4-13-27(19(29)16-26-12-8-9-17(2)14-26)20-21(24)28(23(31)25-22(20)30)15-18-10-6-5-7-11-18/h5-7,10-11,17H,3-4,8-9,12-16,24H2,1-2H3,(H,25,30,31). The Morgan fingerprint density at radius 2 is 2.00 bits per heavy atom. The number of unbranched alkanes of at least 4 members (excludes halogenated alkanes) is 1. The van der Waals surface area contributed by atoms with Gasteiger partial charge < -0.3 is 10.6 Å². The van der Waals surface area contributed by atoms with E-state index in [9.17, 15) is 14.4 Å². The monoisotopic (exact) mass is 427 g/mol. The van der Waals surface area contributed by atoms with E-state index in [1.807, 2.05) is 37.3 Å². The second-order valence-corrected chi connectivity index (χ2v) is 8.45. The Balaban J connectivity index is 1.94. The molecule has 3 rings (SSSR count). The molecule has 8 heteroatoms. The molecule has 1 aliphatic rings. The zero-order chi connectivity index (χ0) is 22.4. The lowest BCUT2D eigenvalue weighted by Gasteiger charge is -2.32. The van der Waals surface area contributed by atoms with Crippen LogP contribution in [-0.2, 0) is 11.3 Å². The first-order valence-corrected chi connectivity index (χ1v) is 11.1. The Morgan fingerprint density at radius 1 is 1.26 bits per heavy atom. The maximum absolute atomic E-state index is 13.3. The Hall–Kier alpha value is -2.87. The lowest BCUT2D eigenvalue weighted by atomic mass is 10.0. The number of carbonyl (C=O) groups is 1. The molecule has 0 spiro atoms. The van der Waals surface area contributed by atoms with Gasteiger partial charge in [0.05, 0.1) is 13.1 Å². The highest BCUT2D eigenvalue weighted by atomic mass is 16.2. The largest absolute Gasteiger partial charge is 0.383 e. The highest BCUT2D eigenvalue weighted by Gasteiger charge is 2.27. The van der Waals surface area contributed by atoms with Crippen LogP contribution < -0.4 is 21.9 Å². The quantitative estimate of drug-likeness (QED) is 0.671. The third kappa shape index (κ3) is 5.64. The van der Waals surface area contributed by atoms with Crippen LogP contribution in [0.3, 0.4) is 0 Å². The van der Waals surface area contributed by atoms with E-state index in [4.69, 9.17) is 5.73 Å². The summed E-state index contributed by atoms with van der Waals surface area (Å²) in [7, 11) is 0. The number of hydrogen-bond donors (Lipinski definition) is 2. The number of nitrogen functional groups attached to an aromatic ring is 1. The number of rotatable bonds is 8. The lowest BCUT2D eigenvalue weighted by Crippen LogP contribution is -2.47. The number of nitrogens with one attached hydrogen (secondary N) is 1. The van der Waals surface area contributed by atoms with E-state index in [-0.39, 0.29) is 30.5 Å². The molecule has 3 N–H and O–H groups in total. The van der Waals surface area contributed by atoms with Gasteiger partial charge in [-0.1, -0.05) is 50.6 Å². The number of amides is 1. The fourth-order valence-electron chi connectivity index (χ4n) is 4.15. The SMILES string of the molecule is CCCCN(C(=O)CN1CCCC(C)C1)c1c(N)n(Cc2ccccc2)c(=O)[nH]c1=O. The number of nitrogens with zero attached hydrogens (tertiary/aromatic N) is 3. The van der Waals surface area contributed by atoms with Crippen molar-refractivity contribution >= 4 is 17.4 Å². The van der Waals surface area contributed by atoms with Gasteiger partial charge in [0.2, 0.25) is 5.91 Å². The predicted octanol–water partition coefficient (Wildman–Crippen LogP) is 2.03. The van der Waals surface area contributed by atoms with E-state index < -0.39 is 11.2 Å². The summed E-state index contributed by atoms with van der Waals surface area (Å²) < 4.78 is 1.32. The minimum absolute atomic E-state index is 0.0223. The number of piperidine rings is 1. The van der Waals surface area contributed by atoms with Crippen molar-refractivity contribution < 1.29 is 4.79 Å². The number of nitrogens with two attached hydrogens (primary N) is 1. The zero-order valence-corrected chi connectivity index (χ0v) is 18.5. The summed E-state index contributed by atoms with van der Waals surface area (Å²) in [6.07, 6.45) is 3.83. The van der Waals surface area contributed by atoms with Crippen molar-refractivity contribution in [3.8, 4) is 0 Å². The summed E-state index contributed by atoms with van der Waals surface area (Å²) in [6.45, 7) is 6.80. The maximum atomic E-state index is 13.3. The molecule has 1 fully saturated rings. The minimum atomic E-state index is -0.622. The number of benzene rings is 1. The molecule has 2 heterocycles. The molecule has 1 atom stereocenters. The van der Waals surface area contributed by atoms with Crippen LogP contribution in [0.5, 0.6) is 0 Å². The lowest BCUT2D eigenvalue weighted by molar-refractivity contribution is -0.120. The molecular formula is C23H33N5O3. The van der Waals surface area contributed by atoms with Crippen LogP contribution in [0.2, 0.25) is 0 Å². The molecule has 1 amide bonds. The molecule has 168 valence electrons. The fraction of sp³-hybridized carbons (Fsp3) is 0.522. The van der Waals surface area contributed by atoms with Crippen molar-refractivity contribution in [1.29, 1.82) is 0 Å². The van der Waals surface area contributed by atoms with Crippen molar-refractivity contribution in [2.75, 3.05) is 36.8 Å². The second-order valence-electron chi connectivity index (χ2n) is 8.45. The van der Waals surface area contributed by atoms with Crippen LogP contribution in [0.15, 0.2) is 39.9 Å². The summed E-state index contributed by atoms with van der Waals surface area (Å²) in [5, 5.41) is 0. The molecule has 1 unspecified atom stereocenters. The van der Waals surface area contributed by atoms with E-state index in [1.54, 1.807) is 0 Å².